The molecule has 116 valence electrons. The Kier molecular flexibility index (Phi) is 15.8. The van der Waals surface area contributed by atoms with E-state index < -0.39 is 0 Å². The highest BCUT2D eigenvalue weighted by molar-refractivity contribution is 4.60. The van der Waals surface area contributed by atoms with Crippen LogP contribution in [0.2, 0.25) is 0 Å². The Bertz CT molecular complexity index is 165. The molecule has 1 unspecified atom stereocenters. The third-order valence-electron chi connectivity index (χ3n) is 3.47. The first-order valence-corrected chi connectivity index (χ1v) is 8.19. The second kappa shape index (κ2) is 15.9. The molecule has 0 amide bonds. The maximum absolute atomic E-state index is 9.78. The fraction of sp³-hybridized carbons (Fsp3) is 1.00. The van der Waals surface area contributed by atoms with E-state index in [1.807, 2.05) is 0 Å². The average molecular weight is 273 g/mol. The lowest BCUT2D eigenvalue weighted by molar-refractivity contribution is 0.154. The van der Waals surface area contributed by atoms with Crippen LogP contribution in [-0.2, 0) is 4.74 Å². The van der Waals surface area contributed by atoms with Crippen molar-refractivity contribution in [1.82, 2.24) is 5.32 Å². The maximum Gasteiger partial charge on any atom is 0.0664 e. The fourth-order valence-corrected chi connectivity index (χ4v) is 2.23. The van der Waals surface area contributed by atoms with E-state index in [0.29, 0.717) is 0 Å². The summed E-state index contributed by atoms with van der Waals surface area (Å²) in [6, 6.07) is 0. The van der Waals surface area contributed by atoms with Crippen LogP contribution in [-0.4, -0.2) is 38.0 Å². The summed E-state index contributed by atoms with van der Waals surface area (Å²) in [5, 5.41) is 13.0. The van der Waals surface area contributed by atoms with Crippen molar-refractivity contribution in [2.45, 2.75) is 77.2 Å². The summed E-state index contributed by atoms with van der Waals surface area (Å²) in [5.74, 6) is 0. The Morgan fingerprint density at radius 2 is 1.58 bits per heavy atom. The Morgan fingerprint density at radius 3 is 2.21 bits per heavy atom. The lowest BCUT2D eigenvalue weighted by Crippen LogP contribution is -2.28. The highest BCUT2D eigenvalue weighted by atomic mass is 16.5. The molecule has 0 bridgehead atoms. The van der Waals surface area contributed by atoms with Crippen LogP contribution in [0.25, 0.3) is 0 Å². The van der Waals surface area contributed by atoms with Gasteiger partial charge in [-0.2, -0.15) is 0 Å². The molecule has 0 aliphatic heterocycles. The molecule has 1 atom stereocenters. The Labute approximate surface area is 120 Å². The SMILES string of the molecule is CCCCCCCCCCC(O)CNCCCOC. The second-order valence-electron chi connectivity index (χ2n) is 5.47. The molecular weight excluding hydrogens is 238 g/mol. The zero-order valence-corrected chi connectivity index (χ0v) is 13.1. The molecule has 3 heteroatoms. The summed E-state index contributed by atoms with van der Waals surface area (Å²) in [6.45, 7) is 4.70. The first-order chi connectivity index (χ1) is 9.31. The van der Waals surface area contributed by atoms with Crippen LogP contribution in [0.5, 0.6) is 0 Å². The van der Waals surface area contributed by atoms with E-state index in [2.05, 4.69) is 12.2 Å². The van der Waals surface area contributed by atoms with Crippen molar-refractivity contribution in [2.24, 2.45) is 0 Å². The van der Waals surface area contributed by atoms with Gasteiger partial charge >= 0.3 is 0 Å². The number of aliphatic hydroxyl groups excluding tert-OH is 1. The van der Waals surface area contributed by atoms with Crippen molar-refractivity contribution in [2.75, 3.05) is 26.8 Å². The number of nitrogens with one attached hydrogen (secondary N) is 1. The van der Waals surface area contributed by atoms with Crippen LogP contribution in [0.4, 0.5) is 0 Å². The zero-order chi connectivity index (χ0) is 14.2. The predicted octanol–water partition coefficient (Wildman–Crippen LogP) is 3.50. The van der Waals surface area contributed by atoms with Gasteiger partial charge in [0.15, 0.2) is 0 Å². The van der Waals surface area contributed by atoms with E-state index in [1.165, 1.54) is 44.9 Å². The number of hydrogen-bond donors (Lipinski definition) is 2. The molecule has 0 aromatic heterocycles. The van der Waals surface area contributed by atoms with Gasteiger partial charge < -0.3 is 15.2 Å². The van der Waals surface area contributed by atoms with E-state index in [0.717, 1.165) is 39.0 Å². The standard InChI is InChI=1S/C16H35NO2/c1-3-4-5-6-7-8-9-10-12-16(18)15-17-13-11-14-19-2/h16-18H,3-15H2,1-2H3. The van der Waals surface area contributed by atoms with E-state index >= 15 is 0 Å². The van der Waals surface area contributed by atoms with Gasteiger partial charge in [0, 0.05) is 20.3 Å². The first kappa shape index (κ1) is 18.9. The van der Waals surface area contributed by atoms with Gasteiger partial charge in [-0.3, -0.25) is 0 Å². The van der Waals surface area contributed by atoms with Crippen molar-refractivity contribution in [3.05, 3.63) is 0 Å². The van der Waals surface area contributed by atoms with E-state index in [4.69, 9.17) is 4.74 Å². The monoisotopic (exact) mass is 273 g/mol. The lowest BCUT2D eigenvalue weighted by atomic mass is 10.1. The summed E-state index contributed by atoms with van der Waals surface area (Å²) in [4.78, 5) is 0. The van der Waals surface area contributed by atoms with Gasteiger partial charge in [-0.15, -0.1) is 0 Å². The Hall–Kier alpha value is -0.120. The number of hydrogen-bond acceptors (Lipinski definition) is 3. The first-order valence-electron chi connectivity index (χ1n) is 8.19. The van der Waals surface area contributed by atoms with Gasteiger partial charge in [0.25, 0.3) is 0 Å². The molecule has 2 N–H and O–H groups in total. The van der Waals surface area contributed by atoms with Crippen LogP contribution in [0, 0.1) is 0 Å². The fourth-order valence-electron chi connectivity index (χ4n) is 2.23. The molecule has 19 heavy (non-hydrogen) atoms. The molecule has 0 aromatic rings. The number of unbranched alkanes of at least 4 members (excludes halogenated alkanes) is 7. The third-order valence-corrected chi connectivity index (χ3v) is 3.47. The summed E-state index contributed by atoms with van der Waals surface area (Å²) in [7, 11) is 1.72. The molecule has 0 spiro atoms. The summed E-state index contributed by atoms with van der Waals surface area (Å²) >= 11 is 0. The minimum absolute atomic E-state index is 0.178. The van der Waals surface area contributed by atoms with E-state index in [-0.39, 0.29) is 6.10 Å². The van der Waals surface area contributed by atoms with Gasteiger partial charge in [-0.25, -0.2) is 0 Å². The van der Waals surface area contributed by atoms with Crippen molar-refractivity contribution < 1.29 is 9.84 Å². The quantitative estimate of drug-likeness (QED) is 0.449. The van der Waals surface area contributed by atoms with Crippen LogP contribution in [0.1, 0.15) is 71.1 Å². The number of aliphatic hydroxyl groups is 1. The molecular formula is C16H35NO2. The lowest BCUT2D eigenvalue weighted by Gasteiger charge is -2.11. The Morgan fingerprint density at radius 1 is 0.947 bits per heavy atom. The summed E-state index contributed by atoms with van der Waals surface area (Å²) < 4.78 is 4.97. The maximum atomic E-state index is 9.78. The molecule has 0 heterocycles. The van der Waals surface area contributed by atoms with Gasteiger partial charge in [0.2, 0.25) is 0 Å². The van der Waals surface area contributed by atoms with E-state index in [1.54, 1.807) is 7.11 Å². The minimum atomic E-state index is -0.178. The smallest absolute Gasteiger partial charge is 0.0664 e. The van der Waals surface area contributed by atoms with Gasteiger partial charge in [0.1, 0.15) is 0 Å². The minimum Gasteiger partial charge on any atom is -0.392 e. The molecule has 0 radical (unpaired) electrons. The summed E-state index contributed by atoms with van der Waals surface area (Å²) in [5.41, 5.74) is 0. The molecule has 0 fully saturated rings. The van der Waals surface area contributed by atoms with E-state index in [9.17, 15) is 5.11 Å². The van der Waals surface area contributed by atoms with Crippen LogP contribution in [0.3, 0.4) is 0 Å². The van der Waals surface area contributed by atoms with Crippen molar-refractivity contribution >= 4 is 0 Å². The molecule has 0 saturated heterocycles. The molecule has 0 rings (SSSR count). The number of ether oxygens (including phenoxy) is 1. The van der Waals surface area contributed by atoms with Crippen LogP contribution >= 0.6 is 0 Å². The average Bonchev–Trinajstić information content (AvgIpc) is 2.41. The molecule has 0 aliphatic carbocycles. The predicted molar refractivity (Wildman–Crippen MR) is 82.6 cm³/mol. The molecule has 0 aromatic carbocycles. The summed E-state index contributed by atoms with van der Waals surface area (Å²) in [6.07, 6.45) is 12.4. The highest BCUT2D eigenvalue weighted by Crippen LogP contribution is 2.10. The van der Waals surface area contributed by atoms with Crippen molar-refractivity contribution in [1.29, 1.82) is 0 Å². The normalized spacial score (nSPS) is 12.8. The number of rotatable bonds is 15. The van der Waals surface area contributed by atoms with Crippen LogP contribution in [0.15, 0.2) is 0 Å². The van der Waals surface area contributed by atoms with Gasteiger partial charge in [0.05, 0.1) is 6.10 Å². The van der Waals surface area contributed by atoms with Crippen molar-refractivity contribution in [3.63, 3.8) is 0 Å². The molecule has 0 aliphatic rings. The number of methoxy groups -OCH3 is 1. The van der Waals surface area contributed by atoms with Crippen molar-refractivity contribution in [3.8, 4) is 0 Å². The Balaban J connectivity index is 3.09. The second-order valence-corrected chi connectivity index (χ2v) is 5.47. The van der Waals surface area contributed by atoms with Gasteiger partial charge in [-0.1, -0.05) is 58.3 Å². The molecule has 0 saturated carbocycles. The third kappa shape index (κ3) is 15.8. The van der Waals surface area contributed by atoms with Gasteiger partial charge in [-0.05, 0) is 19.4 Å². The highest BCUT2D eigenvalue weighted by Gasteiger charge is 2.02. The largest absolute Gasteiger partial charge is 0.392 e. The van der Waals surface area contributed by atoms with Crippen LogP contribution < -0.4 is 5.32 Å². The topological polar surface area (TPSA) is 41.5 Å². The zero-order valence-electron chi connectivity index (χ0n) is 13.1. The molecule has 3 nitrogen and oxygen atoms in total.